The number of nitrogens with one attached hydrogen (secondary N) is 6. The van der Waals surface area contributed by atoms with E-state index in [2.05, 4.69) is 83.8 Å². The molecule has 2 fully saturated rings. The maximum absolute atomic E-state index is 13.2. The van der Waals surface area contributed by atoms with Crippen LogP contribution in [0.2, 0.25) is 0 Å². The first-order chi connectivity index (χ1) is 46.9. The SMILES string of the molecule is C=CC(C)CO[C@H](C(=O)N[C@@H](C)C(=O)N1CCC[C@@H](C(=O)OCC(Cl)(Cl)Cl)N1)C(C)C.CC(/C=C/c1ccc2ccc([C@@H](C)NS(=O)C(C)(C)C)nc2c1)CO[C@H](C(=O)N[C@@H](C)C(=O)N1CCC[C@@H](C(=O)OCC(Cl)(Cl)Cl)N1)C(C)C.C[C@@H](N[S@@](=O)C(C)(C)C)c1ccc2ccc(Br)cc2c1. The van der Waals surface area contributed by atoms with E-state index in [1.807, 2.05) is 145 Å². The van der Waals surface area contributed by atoms with Crippen LogP contribution in [0, 0.1) is 23.7 Å². The molecule has 1 aromatic heterocycles. The quantitative estimate of drug-likeness (QED) is 0.0184. The molecule has 101 heavy (non-hydrogen) atoms. The van der Waals surface area contributed by atoms with Crippen molar-refractivity contribution in [2.24, 2.45) is 23.7 Å². The van der Waals surface area contributed by atoms with E-state index < -0.39 is 103 Å². The minimum absolute atomic E-state index is 0.0227. The van der Waals surface area contributed by atoms with E-state index in [1.165, 1.54) is 20.8 Å². The largest absolute Gasteiger partial charge is 0.460 e. The fourth-order valence-corrected chi connectivity index (χ4v) is 12.1. The zero-order chi connectivity index (χ0) is 76.1. The van der Waals surface area contributed by atoms with Gasteiger partial charge in [0.1, 0.15) is 49.6 Å². The molecule has 2 aliphatic heterocycles. The second kappa shape index (κ2) is 41.1. The van der Waals surface area contributed by atoms with Crippen LogP contribution < -0.4 is 30.9 Å². The molecule has 4 amide bonds. The summed E-state index contributed by atoms with van der Waals surface area (Å²) in [5, 5.41) is 11.5. The van der Waals surface area contributed by atoms with Crippen molar-refractivity contribution < 1.29 is 56.1 Å². The van der Waals surface area contributed by atoms with E-state index in [1.54, 1.807) is 19.9 Å². The third-order valence-corrected chi connectivity index (χ3v) is 20.2. The summed E-state index contributed by atoms with van der Waals surface area (Å²) in [6, 6.07) is 19.2. The first-order valence-corrected chi connectivity index (χ1v) is 39.0. The van der Waals surface area contributed by atoms with Gasteiger partial charge in [-0.25, -0.2) is 28.7 Å². The molecule has 2 saturated heterocycles. The Morgan fingerprint density at radius 3 is 1.51 bits per heavy atom. The predicted molar refractivity (Wildman–Crippen MR) is 412 cm³/mol. The van der Waals surface area contributed by atoms with Crippen molar-refractivity contribution in [1.29, 1.82) is 0 Å². The third kappa shape index (κ3) is 31.1. The topological polar surface area (TPSA) is 265 Å². The second-order valence-electron chi connectivity index (χ2n) is 28.0. The van der Waals surface area contributed by atoms with Crippen molar-refractivity contribution in [3.8, 4) is 0 Å². The Kier molecular flexibility index (Phi) is 36.4. The molecular weight excluding hydrogens is 1530 g/mol. The van der Waals surface area contributed by atoms with Crippen LogP contribution in [-0.4, -0.2) is 152 Å². The van der Waals surface area contributed by atoms with Gasteiger partial charge in [0.05, 0.1) is 61.9 Å². The van der Waals surface area contributed by atoms with Gasteiger partial charge in [-0.3, -0.25) is 43.8 Å². The lowest BCUT2D eigenvalue weighted by molar-refractivity contribution is -0.154. The number of hydrogen-bond donors (Lipinski definition) is 6. The van der Waals surface area contributed by atoms with Gasteiger partial charge in [0.25, 0.3) is 11.8 Å². The predicted octanol–water partition coefficient (Wildman–Crippen LogP) is 13.4. The summed E-state index contributed by atoms with van der Waals surface area (Å²) >= 11 is 37.3. The number of aromatic nitrogens is 1. The third-order valence-electron chi connectivity index (χ3n) is 15.7. The number of nitrogens with zero attached hydrogens (tertiary/aromatic N) is 3. The van der Waals surface area contributed by atoms with Gasteiger partial charge in [-0.05, 0) is 171 Å². The highest BCUT2D eigenvalue weighted by Crippen LogP contribution is 2.29. The van der Waals surface area contributed by atoms with E-state index >= 15 is 0 Å². The minimum Gasteiger partial charge on any atom is -0.460 e. The van der Waals surface area contributed by atoms with E-state index in [0.717, 1.165) is 32.2 Å². The average molecular weight is 1630 g/mol. The zero-order valence-corrected chi connectivity index (χ0v) is 68.2. The Labute approximate surface area is 640 Å². The van der Waals surface area contributed by atoms with Crippen LogP contribution in [0.4, 0.5) is 0 Å². The molecule has 4 aromatic rings. The number of alkyl halides is 6. The molecule has 3 unspecified atom stereocenters. The van der Waals surface area contributed by atoms with E-state index in [-0.39, 0.29) is 63.7 Å². The highest BCUT2D eigenvalue weighted by atomic mass is 79.9. The number of halogens is 7. The minimum atomic E-state index is -1.74. The van der Waals surface area contributed by atoms with Gasteiger partial charge in [0.15, 0.2) is 0 Å². The number of amides is 4. The number of carbonyl (C=O) groups is 6. The maximum Gasteiger partial charge on any atom is 0.325 e. The number of carbonyl (C=O) groups excluding carboxylic acids is 6. The van der Waals surface area contributed by atoms with Crippen molar-refractivity contribution >= 4 is 171 Å². The molecule has 12 atom stereocenters. The van der Waals surface area contributed by atoms with Crippen LogP contribution in [0.1, 0.15) is 165 Å². The average Bonchev–Trinajstić information content (AvgIpc) is 0.829. The number of rotatable bonds is 27. The number of benzene rings is 3. The van der Waals surface area contributed by atoms with Crippen LogP contribution in [0.25, 0.3) is 27.8 Å². The number of hydrazine groups is 2. The van der Waals surface area contributed by atoms with Gasteiger partial charge in [-0.15, -0.1) is 6.58 Å². The van der Waals surface area contributed by atoms with Crippen molar-refractivity contribution in [2.45, 2.75) is 202 Å². The van der Waals surface area contributed by atoms with Crippen molar-refractivity contribution in [1.82, 2.24) is 45.9 Å². The standard InChI is InChI=1S/C35H50Cl3N5O6S.C20H32Cl3N3O5.C16H20BrNOS/c1-21(2)30(31(44)39-24(5)32(45)43-17-9-10-28(41-43)33(46)49-20-35(36,37)38)48-19-22(3)11-12-25-13-14-26-15-16-27(40-29(26)18-25)23(4)42-50(47)34(6,7)8;1-6-13(4)10-30-16(12(2)3)17(27)24-14(5)18(28)26-9-7-8-15(25-26)19(29)31-11-20(21,22)23;1-11(18-20(19)16(2,3)4)13-6-5-12-7-8-15(17)10-14(12)9-13/h11-16,18,21-24,28,30,41-42H,9-10,17,19-20H2,1-8H3,(H,39,44);6,12-16,25H,1,7-11H2,2-5H3,(H,24,27);5-11,18H,1-4H3/b12-11+;;/t22?,23-,24+,28+,30+,50?;13?,14-,15-,16-;11-,20+/m101/s1. The molecule has 6 rings (SSSR count). The molecule has 0 bridgehead atoms. The molecular formula is C71H102BrCl6N9O12S2. The normalized spacial score (nSPS) is 18.5. The van der Waals surface area contributed by atoms with Crippen LogP contribution >= 0.6 is 85.5 Å². The summed E-state index contributed by atoms with van der Waals surface area (Å²) in [7, 11) is -2.28. The molecule has 0 saturated carbocycles. The van der Waals surface area contributed by atoms with E-state index in [9.17, 15) is 37.2 Å². The van der Waals surface area contributed by atoms with Gasteiger partial charge in [-0.1, -0.05) is 182 Å². The molecule has 564 valence electrons. The van der Waals surface area contributed by atoms with Gasteiger partial charge in [-0.2, -0.15) is 0 Å². The summed E-state index contributed by atoms with van der Waals surface area (Å²) in [5.74, 6) is -2.97. The Bertz CT molecular complexity index is 3520. The monoisotopic (exact) mass is 1630 g/mol. The van der Waals surface area contributed by atoms with Crippen molar-refractivity contribution in [3.05, 3.63) is 107 Å². The Balaban J connectivity index is 0.000000358. The first-order valence-electron chi connectivity index (χ1n) is 33.6. The molecule has 0 spiro atoms. The Morgan fingerprint density at radius 2 is 1.06 bits per heavy atom. The molecule has 3 aromatic carbocycles. The number of fused-ring (bicyclic) bond motifs is 2. The number of hydrogen-bond acceptors (Lipinski definition) is 15. The summed E-state index contributed by atoms with van der Waals surface area (Å²) in [4.78, 5) is 81.3. The number of esters is 2. The fourth-order valence-electron chi connectivity index (χ4n) is 9.77. The highest BCUT2D eigenvalue weighted by molar-refractivity contribution is 9.10. The summed E-state index contributed by atoms with van der Waals surface area (Å²) < 4.78 is 49.9. The first kappa shape index (κ1) is 89.3. The van der Waals surface area contributed by atoms with Gasteiger partial charge < -0.3 is 29.6 Å². The number of pyridine rings is 1. The van der Waals surface area contributed by atoms with Crippen LogP contribution in [0.15, 0.2) is 89.9 Å². The summed E-state index contributed by atoms with van der Waals surface area (Å²) in [6.45, 7) is 34.6. The van der Waals surface area contributed by atoms with E-state index in [4.69, 9.17) is 93.5 Å². The summed E-state index contributed by atoms with van der Waals surface area (Å²) in [5.41, 5.74) is 9.44. The lowest BCUT2D eigenvalue weighted by Gasteiger charge is -2.34. The van der Waals surface area contributed by atoms with Crippen molar-refractivity contribution in [3.63, 3.8) is 0 Å². The lowest BCUT2D eigenvalue weighted by Crippen LogP contribution is -2.60. The van der Waals surface area contributed by atoms with Crippen LogP contribution in [0.3, 0.4) is 0 Å². The second-order valence-corrected chi connectivity index (χ2v) is 37.9. The molecule has 30 heteroatoms. The molecule has 6 N–H and O–H groups in total. The maximum atomic E-state index is 13.2. The van der Waals surface area contributed by atoms with Gasteiger partial charge in [0, 0.05) is 29.0 Å². The fraction of sp³-hybridized carbons (Fsp3) is 0.592. The molecule has 0 radical (unpaired) electrons. The lowest BCUT2D eigenvalue weighted by atomic mass is 10.0. The van der Waals surface area contributed by atoms with E-state index in [0.29, 0.717) is 45.4 Å². The molecule has 21 nitrogen and oxygen atoms in total. The summed E-state index contributed by atoms with van der Waals surface area (Å²) in [6.07, 6.45) is 6.30. The van der Waals surface area contributed by atoms with Gasteiger partial charge in [0.2, 0.25) is 19.4 Å². The molecule has 2 aliphatic rings. The van der Waals surface area contributed by atoms with Gasteiger partial charge >= 0.3 is 11.9 Å². The Hall–Kier alpha value is -4.09. The van der Waals surface area contributed by atoms with Crippen LogP contribution in [-0.2, 0) is 69.7 Å². The zero-order valence-electron chi connectivity index (χ0n) is 60.5. The smallest absolute Gasteiger partial charge is 0.325 e. The molecule has 0 aliphatic carbocycles. The van der Waals surface area contributed by atoms with Crippen LogP contribution in [0.5, 0.6) is 0 Å². The number of ether oxygens (including phenoxy) is 4. The van der Waals surface area contributed by atoms with Crippen molar-refractivity contribution in [2.75, 3.05) is 39.5 Å². The highest BCUT2D eigenvalue weighted by Gasteiger charge is 2.37. The Morgan fingerprint density at radius 1 is 0.614 bits per heavy atom. The molecule has 3 heterocycles.